The molecule has 3 N–H and O–H groups in total. The summed E-state index contributed by atoms with van der Waals surface area (Å²) in [6, 6.07) is 9.35. The smallest absolute Gasteiger partial charge is 0.239 e. The van der Waals surface area contributed by atoms with Crippen molar-refractivity contribution in [3.05, 3.63) is 35.9 Å². The first-order valence-electron chi connectivity index (χ1n) is 7.35. The number of carbonyl (C=O) groups excluding carboxylic acids is 1. The molecule has 3 nitrogen and oxygen atoms in total. The van der Waals surface area contributed by atoms with Crippen molar-refractivity contribution in [1.29, 1.82) is 0 Å². The number of carbonyl (C=O) groups is 1. The van der Waals surface area contributed by atoms with E-state index in [1.165, 1.54) is 32.1 Å². The van der Waals surface area contributed by atoms with Crippen molar-refractivity contribution in [3.8, 4) is 0 Å². The lowest BCUT2D eigenvalue weighted by molar-refractivity contribution is -0.120. The van der Waals surface area contributed by atoms with Crippen LogP contribution in [0, 0.1) is 5.92 Å². The van der Waals surface area contributed by atoms with Gasteiger partial charge in [-0.2, -0.15) is 0 Å². The highest BCUT2D eigenvalue weighted by atomic mass is 16.1. The standard InChI is InChI=1S/C16H24N2O/c17-16(19)15(14-10-2-1-3-11-14)18-12-6-9-13-7-4-5-8-13/h1-3,10-11,13,15,18H,4-9,12H2,(H2,17,19)/t15-/m1/s1. The third-order valence-corrected chi connectivity index (χ3v) is 4.03. The molecular weight excluding hydrogens is 236 g/mol. The second kappa shape index (κ2) is 7.29. The Hall–Kier alpha value is -1.35. The number of nitrogens with two attached hydrogens (primary N) is 1. The van der Waals surface area contributed by atoms with Crippen LogP contribution in [-0.4, -0.2) is 12.5 Å². The van der Waals surface area contributed by atoms with Crippen LogP contribution in [-0.2, 0) is 4.79 Å². The molecule has 1 atom stereocenters. The lowest BCUT2D eigenvalue weighted by Crippen LogP contribution is -2.34. The lowest BCUT2D eigenvalue weighted by atomic mass is 10.0. The molecule has 0 heterocycles. The van der Waals surface area contributed by atoms with Crippen LogP contribution in [0.15, 0.2) is 30.3 Å². The van der Waals surface area contributed by atoms with Gasteiger partial charge in [0.1, 0.15) is 6.04 Å². The van der Waals surface area contributed by atoms with Crippen LogP contribution in [0.3, 0.4) is 0 Å². The Morgan fingerprint density at radius 3 is 2.58 bits per heavy atom. The molecule has 1 amide bonds. The largest absolute Gasteiger partial charge is 0.368 e. The number of nitrogens with one attached hydrogen (secondary N) is 1. The summed E-state index contributed by atoms with van der Waals surface area (Å²) in [6.07, 6.45) is 7.96. The summed E-state index contributed by atoms with van der Waals surface area (Å²) >= 11 is 0. The summed E-state index contributed by atoms with van der Waals surface area (Å²) in [5.74, 6) is 0.609. The van der Waals surface area contributed by atoms with Crippen LogP contribution in [0.2, 0.25) is 0 Å². The van der Waals surface area contributed by atoms with Gasteiger partial charge < -0.3 is 11.1 Å². The Bertz CT molecular complexity index is 385. The predicted molar refractivity (Wildman–Crippen MR) is 77.6 cm³/mol. The summed E-state index contributed by atoms with van der Waals surface area (Å²) in [5, 5.41) is 3.28. The van der Waals surface area contributed by atoms with Crippen molar-refractivity contribution in [3.63, 3.8) is 0 Å². The van der Waals surface area contributed by atoms with E-state index in [1.807, 2.05) is 30.3 Å². The second-order valence-electron chi connectivity index (χ2n) is 5.49. The molecule has 1 aliphatic carbocycles. The third kappa shape index (κ3) is 4.35. The summed E-state index contributed by atoms with van der Waals surface area (Å²) < 4.78 is 0. The van der Waals surface area contributed by atoms with Gasteiger partial charge in [0.15, 0.2) is 0 Å². The zero-order valence-electron chi connectivity index (χ0n) is 11.5. The molecule has 1 saturated carbocycles. The van der Waals surface area contributed by atoms with Crippen molar-refractivity contribution in [2.24, 2.45) is 11.7 Å². The maximum absolute atomic E-state index is 11.5. The lowest BCUT2D eigenvalue weighted by Gasteiger charge is -2.16. The van der Waals surface area contributed by atoms with E-state index in [2.05, 4.69) is 5.32 Å². The number of primary amides is 1. The highest BCUT2D eigenvalue weighted by Crippen LogP contribution is 2.28. The van der Waals surface area contributed by atoms with E-state index in [0.29, 0.717) is 0 Å². The molecule has 1 aromatic rings. The molecule has 0 spiro atoms. The monoisotopic (exact) mass is 260 g/mol. The van der Waals surface area contributed by atoms with E-state index < -0.39 is 0 Å². The zero-order chi connectivity index (χ0) is 13.5. The highest BCUT2D eigenvalue weighted by Gasteiger charge is 2.17. The minimum absolute atomic E-state index is 0.299. The molecule has 0 saturated heterocycles. The van der Waals surface area contributed by atoms with Gasteiger partial charge in [-0.15, -0.1) is 0 Å². The summed E-state index contributed by atoms with van der Waals surface area (Å²) in [4.78, 5) is 11.5. The van der Waals surface area contributed by atoms with E-state index >= 15 is 0 Å². The van der Waals surface area contributed by atoms with Gasteiger partial charge >= 0.3 is 0 Å². The Kier molecular flexibility index (Phi) is 5.40. The number of hydrogen-bond donors (Lipinski definition) is 2. The van der Waals surface area contributed by atoms with Crippen LogP contribution in [0.5, 0.6) is 0 Å². The van der Waals surface area contributed by atoms with Crippen LogP contribution >= 0.6 is 0 Å². The number of rotatable bonds is 7. The van der Waals surface area contributed by atoms with Gasteiger partial charge in [-0.3, -0.25) is 4.79 Å². The van der Waals surface area contributed by atoms with Gasteiger partial charge in [-0.1, -0.05) is 56.0 Å². The fourth-order valence-electron chi connectivity index (χ4n) is 2.96. The average Bonchev–Trinajstić information content (AvgIpc) is 2.92. The molecule has 3 heteroatoms. The van der Waals surface area contributed by atoms with Crippen LogP contribution < -0.4 is 11.1 Å². The second-order valence-corrected chi connectivity index (χ2v) is 5.49. The summed E-state index contributed by atoms with van der Waals surface area (Å²) in [7, 11) is 0. The first-order valence-corrected chi connectivity index (χ1v) is 7.35. The molecule has 2 rings (SSSR count). The number of benzene rings is 1. The highest BCUT2D eigenvalue weighted by molar-refractivity contribution is 5.81. The van der Waals surface area contributed by atoms with E-state index in [9.17, 15) is 4.79 Å². The molecule has 0 bridgehead atoms. The number of hydrogen-bond acceptors (Lipinski definition) is 2. The minimum Gasteiger partial charge on any atom is -0.368 e. The van der Waals surface area contributed by atoms with Gasteiger partial charge in [0, 0.05) is 0 Å². The zero-order valence-corrected chi connectivity index (χ0v) is 11.5. The molecule has 0 radical (unpaired) electrons. The van der Waals surface area contributed by atoms with E-state index in [1.54, 1.807) is 0 Å². The van der Waals surface area contributed by atoms with Gasteiger partial charge in [-0.05, 0) is 30.9 Å². The summed E-state index contributed by atoms with van der Waals surface area (Å²) in [5.41, 5.74) is 6.43. The maximum atomic E-state index is 11.5. The van der Waals surface area contributed by atoms with Gasteiger partial charge in [0.05, 0.1) is 0 Å². The molecule has 0 unspecified atom stereocenters. The third-order valence-electron chi connectivity index (χ3n) is 4.03. The van der Waals surface area contributed by atoms with Crippen molar-refractivity contribution < 1.29 is 4.79 Å². The van der Waals surface area contributed by atoms with Gasteiger partial charge in [0.25, 0.3) is 0 Å². The Morgan fingerprint density at radius 2 is 1.95 bits per heavy atom. The van der Waals surface area contributed by atoms with Crippen molar-refractivity contribution >= 4 is 5.91 Å². The SMILES string of the molecule is NC(=O)[C@H](NCCCC1CCCC1)c1ccccc1. The predicted octanol–water partition coefficient (Wildman–Crippen LogP) is 2.77. The first-order chi connectivity index (χ1) is 9.27. The molecule has 19 heavy (non-hydrogen) atoms. The Morgan fingerprint density at radius 1 is 1.26 bits per heavy atom. The molecule has 0 aliphatic heterocycles. The molecule has 0 aromatic heterocycles. The Balaban J connectivity index is 1.76. The molecule has 1 fully saturated rings. The van der Waals surface area contributed by atoms with Crippen molar-refractivity contribution in [2.75, 3.05) is 6.54 Å². The molecule has 1 aliphatic rings. The van der Waals surface area contributed by atoms with Crippen molar-refractivity contribution in [2.45, 2.75) is 44.6 Å². The van der Waals surface area contributed by atoms with E-state index in [4.69, 9.17) is 5.73 Å². The maximum Gasteiger partial charge on any atom is 0.239 e. The molecule has 104 valence electrons. The first kappa shape index (κ1) is 14.1. The summed E-state index contributed by atoms with van der Waals surface area (Å²) in [6.45, 7) is 0.860. The fraction of sp³-hybridized carbons (Fsp3) is 0.562. The number of amides is 1. The van der Waals surface area contributed by atoms with E-state index in [-0.39, 0.29) is 11.9 Å². The van der Waals surface area contributed by atoms with Crippen molar-refractivity contribution in [1.82, 2.24) is 5.32 Å². The fourth-order valence-corrected chi connectivity index (χ4v) is 2.96. The topological polar surface area (TPSA) is 55.1 Å². The molecule has 1 aromatic carbocycles. The average molecular weight is 260 g/mol. The van der Waals surface area contributed by atoms with Crippen LogP contribution in [0.4, 0.5) is 0 Å². The van der Waals surface area contributed by atoms with Crippen LogP contribution in [0.1, 0.15) is 50.1 Å². The quantitative estimate of drug-likeness (QED) is 0.741. The molecular formula is C16H24N2O. The van der Waals surface area contributed by atoms with E-state index in [0.717, 1.165) is 24.4 Å². The Labute approximate surface area is 115 Å². The van der Waals surface area contributed by atoms with Gasteiger partial charge in [-0.25, -0.2) is 0 Å². The van der Waals surface area contributed by atoms with Crippen LogP contribution in [0.25, 0.3) is 0 Å². The van der Waals surface area contributed by atoms with Gasteiger partial charge in [0.2, 0.25) is 5.91 Å². The normalized spacial score (nSPS) is 17.5. The minimum atomic E-state index is -0.357.